The molecule has 2 fully saturated rings. The number of benzene rings is 2. The molecule has 0 spiro atoms. The Kier molecular flexibility index (Phi) is 9.92. The molecule has 0 aliphatic carbocycles. The van der Waals surface area contributed by atoms with Gasteiger partial charge in [0.1, 0.15) is 25.8 Å². The van der Waals surface area contributed by atoms with E-state index >= 15 is 0 Å². The van der Waals surface area contributed by atoms with Gasteiger partial charge in [0.15, 0.2) is 6.34 Å². The minimum Gasteiger partial charge on any atom is -0.445 e. The highest BCUT2D eigenvalue weighted by Crippen LogP contribution is 2.25. The zero-order chi connectivity index (χ0) is 31.1. The van der Waals surface area contributed by atoms with Gasteiger partial charge in [-0.1, -0.05) is 0 Å². The zero-order valence-corrected chi connectivity index (χ0v) is 24.1. The van der Waals surface area contributed by atoms with E-state index in [0.717, 1.165) is 0 Å². The number of non-ortho nitro benzene ring substituents is 2. The van der Waals surface area contributed by atoms with E-state index in [1.54, 1.807) is 0 Å². The third-order valence-corrected chi connectivity index (χ3v) is 7.62. The highest BCUT2D eigenvalue weighted by Gasteiger charge is 2.42. The van der Waals surface area contributed by atoms with Crippen LogP contribution < -0.4 is 5.32 Å². The van der Waals surface area contributed by atoms with Gasteiger partial charge >= 0.3 is 12.2 Å². The number of nitro benzene ring substituents is 2. The molecule has 2 aliphatic heterocycles. The van der Waals surface area contributed by atoms with E-state index in [-0.39, 0.29) is 52.8 Å². The lowest BCUT2D eigenvalue weighted by Gasteiger charge is -2.25. The fraction of sp³-hybridized carbons (Fsp3) is 0.407. The Labute approximate surface area is 251 Å². The average Bonchev–Trinajstić information content (AvgIpc) is 3.56. The second-order valence-corrected chi connectivity index (χ2v) is 11.4. The summed E-state index contributed by atoms with van der Waals surface area (Å²) in [5.74, 6) is -0.332. The first-order valence-electron chi connectivity index (χ1n) is 13.4. The van der Waals surface area contributed by atoms with Gasteiger partial charge in [0, 0.05) is 42.5 Å². The van der Waals surface area contributed by atoms with Crippen molar-refractivity contribution >= 4 is 48.4 Å². The van der Waals surface area contributed by atoms with Crippen molar-refractivity contribution in [1.29, 1.82) is 0 Å². The summed E-state index contributed by atoms with van der Waals surface area (Å²) < 4.78 is 10.8. The number of carbonyl (C=O) groups excluding carboxylic acids is 3. The summed E-state index contributed by atoms with van der Waals surface area (Å²) in [7, 11) is 1.86. The summed E-state index contributed by atoms with van der Waals surface area (Å²) in [5, 5.41) is 24.4. The quantitative estimate of drug-likeness (QED) is 0.107. The first-order chi connectivity index (χ1) is 20.4. The molecule has 0 radical (unpaired) electrons. The maximum absolute atomic E-state index is 13.2. The predicted octanol–water partition coefficient (Wildman–Crippen LogP) is 3.21. The first kappa shape index (κ1) is 31.4. The largest absolute Gasteiger partial charge is 0.445 e. The third kappa shape index (κ3) is 8.48. The maximum Gasteiger partial charge on any atom is 0.438 e. The summed E-state index contributed by atoms with van der Waals surface area (Å²) in [6, 6.07) is 10.3. The van der Waals surface area contributed by atoms with Crippen molar-refractivity contribution in [2.75, 3.05) is 26.7 Å². The number of likely N-dealkylation sites (tertiary alicyclic amines) is 2. The average molecular weight is 616 g/mol. The molecular weight excluding hydrogens is 584 g/mol. The van der Waals surface area contributed by atoms with Crippen LogP contribution >= 0.6 is 12.6 Å². The summed E-state index contributed by atoms with van der Waals surface area (Å²) in [5.41, 5.74) is 1.02. The van der Waals surface area contributed by atoms with Gasteiger partial charge < -0.3 is 14.8 Å². The Morgan fingerprint density at radius 2 is 1.58 bits per heavy atom. The molecule has 2 heterocycles. The highest BCUT2D eigenvalue weighted by molar-refractivity contribution is 7.81. The fourth-order valence-corrected chi connectivity index (χ4v) is 5.32. The van der Waals surface area contributed by atoms with Crippen LogP contribution in [0.4, 0.5) is 21.0 Å². The fourth-order valence-electron chi connectivity index (χ4n) is 4.95. The molecule has 4 rings (SSSR count). The monoisotopic (exact) mass is 615 g/mol. The Morgan fingerprint density at radius 1 is 1.02 bits per heavy atom. The van der Waals surface area contributed by atoms with Gasteiger partial charge in [-0.15, -0.1) is 4.99 Å². The van der Waals surface area contributed by atoms with E-state index in [1.807, 2.05) is 7.05 Å². The number of ether oxygens (including phenoxy) is 2. The molecule has 228 valence electrons. The van der Waals surface area contributed by atoms with Crippen molar-refractivity contribution in [3.05, 3.63) is 79.9 Å². The summed E-state index contributed by atoms with van der Waals surface area (Å²) >= 11 is 4.46. The Balaban J connectivity index is 1.25. The molecule has 1 unspecified atom stereocenters. The van der Waals surface area contributed by atoms with Crippen molar-refractivity contribution in [1.82, 2.24) is 10.2 Å². The second-order valence-electron chi connectivity index (χ2n) is 10.6. The zero-order valence-electron chi connectivity index (χ0n) is 23.2. The van der Waals surface area contributed by atoms with E-state index in [9.17, 15) is 34.6 Å². The molecule has 2 aromatic rings. The molecular formula is C27H31N6O9S+. The van der Waals surface area contributed by atoms with E-state index in [1.165, 1.54) is 59.8 Å². The molecule has 0 saturated carbocycles. The number of rotatable bonds is 9. The Morgan fingerprint density at radius 3 is 2.14 bits per heavy atom. The van der Waals surface area contributed by atoms with Gasteiger partial charge in [-0.3, -0.25) is 34.4 Å². The molecule has 16 heteroatoms. The number of hydrogen-bond acceptors (Lipinski definition) is 10. The van der Waals surface area contributed by atoms with Crippen LogP contribution in [0, 0.1) is 20.2 Å². The normalized spacial score (nSPS) is 23.2. The first-order valence-corrected chi connectivity index (χ1v) is 13.9. The lowest BCUT2D eigenvalue weighted by atomic mass is 10.1. The Hall–Kier alpha value is -4.57. The molecule has 43 heavy (non-hydrogen) atoms. The van der Waals surface area contributed by atoms with Crippen LogP contribution in [0.5, 0.6) is 0 Å². The number of nitro groups is 2. The van der Waals surface area contributed by atoms with Crippen LogP contribution in [-0.2, 0) is 27.5 Å². The lowest BCUT2D eigenvalue weighted by Crippen LogP contribution is -2.50. The van der Waals surface area contributed by atoms with Gasteiger partial charge in [-0.05, 0) is 41.8 Å². The van der Waals surface area contributed by atoms with Crippen molar-refractivity contribution in [2.24, 2.45) is 4.99 Å². The molecule has 0 bridgehead atoms. The smallest absolute Gasteiger partial charge is 0.438 e. The van der Waals surface area contributed by atoms with E-state index in [2.05, 4.69) is 22.9 Å². The Bertz CT molecular complexity index is 1400. The number of hydrogen-bond donors (Lipinski definition) is 2. The number of amides is 3. The third-order valence-electron chi connectivity index (χ3n) is 7.25. The van der Waals surface area contributed by atoms with Crippen LogP contribution in [0.2, 0.25) is 0 Å². The lowest BCUT2D eigenvalue weighted by molar-refractivity contribution is -0.800. The second kappa shape index (κ2) is 13.6. The van der Waals surface area contributed by atoms with Gasteiger partial charge in [0.25, 0.3) is 11.4 Å². The van der Waals surface area contributed by atoms with Crippen molar-refractivity contribution in [2.45, 2.75) is 43.4 Å². The number of thiol groups is 1. The molecule has 1 N–H and O–H groups in total. The molecule has 3 amide bonds. The number of nitrogens with zero attached hydrogens (tertiary/aromatic N) is 5. The van der Waals surface area contributed by atoms with Crippen LogP contribution in [0.15, 0.2) is 53.5 Å². The van der Waals surface area contributed by atoms with Crippen molar-refractivity contribution < 1.29 is 38.2 Å². The van der Waals surface area contributed by atoms with Crippen LogP contribution in [0.1, 0.15) is 24.0 Å². The minimum atomic E-state index is -0.807. The summed E-state index contributed by atoms with van der Waals surface area (Å²) in [6.07, 6.45) is 0.946. The summed E-state index contributed by atoms with van der Waals surface area (Å²) in [6.45, 7) is 1.11. The van der Waals surface area contributed by atoms with E-state index in [4.69, 9.17) is 9.47 Å². The van der Waals surface area contributed by atoms with Crippen LogP contribution in [-0.4, -0.2) is 87.7 Å². The number of aliphatic imine (C=N–C) groups is 1. The molecule has 4 atom stereocenters. The van der Waals surface area contributed by atoms with Gasteiger partial charge in [0.05, 0.1) is 29.5 Å². The maximum atomic E-state index is 13.2. The number of carbonyl (C=O) groups is 3. The molecule has 2 aromatic carbocycles. The number of nitrogens with one attached hydrogen (secondary N) is 1. The topological polar surface area (TPSA) is 184 Å². The number of quaternary nitrogens is 1. The molecule has 15 nitrogen and oxygen atoms in total. The highest BCUT2D eigenvalue weighted by atomic mass is 32.1. The van der Waals surface area contributed by atoms with Gasteiger partial charge in [-0.25, -0.2) is 9.59 Å². The van der Waals surface area contributed by atoms with E-state index in [0.29, 0.717) is 37.1 Å². The van der Waals surface area contributed by atoms with Crippen LogP contribution in [0.25, 0.3) is 0 Å². The molecule has 0 aromatic heterocycles. The molecule has 2 aliphatic rings. The summed E-state index contributed by atoms with van der Waals surface area (Å²) in [4.78, 5) is 63.9. The number of likely N-dealkylation sites (N-methyl/N-ethyl adjacent to an activating group) is 1. The predicted molar refractivity (Wildman–Crippen MR) is 155 cm³/mol. The molecule has 2 saturated heterocycles. The van der Waals surface area contributed by atoms with Gasteiger partial charge in [0.2, 0.25) is 5.91 Å². The van der Waals surface area contributed by atoms with Crippen molar-refractivity contribution in [3.8, 4) is 0 Å². The van der Waals surface area contributed by atoms with Crippen molar-refractivity contribution in [3.63, 3.8) is 0 Å². The van der Waals surface area contributed by atoms with E-state index < -0.39 is 28.1 Å². The standard InChI is InChI=1S/C27H30N6O9S/c1-33(17-28-26(35)41-15-18-2-6-21(7-3-18)31(37)38)11-10-20(14-33)29-25(34)24-12-23(43)13-30(24)27(36)42-16-19-4-8-22(9-5-19)32(39)40/h2-9,17,20,23-24H,10-16H2,1H3,(H-,29,34,43)/p+1/t20-,23-,24-,33?/m0/s1. The minimum absolute atomic E-state index is 0.0631. The SMILES string of the molecule is C[N+]1(C=NC(=O)OCc2ccc([N+](=O)[O-])cc2)CC[C@H](NC(=O)[C@@H]2C[C@H](S)CN2C(=O)OCc2ccc([N+](=O)[O-])cc2)C1. The van der Waals surface area contributed by atoms with Crippen LogP contribution in [0.3, 0.4) is 0 Å². The van der Waals surface area contributed by atoms with Gasteiger partial charge in [-0.2, -0.15) is 12.6 Å².